The minimum atomic E-state index is -0.462. The van der Waals surface area contributed by atoms with Gasteiger partial charge >= 0.3 is 5.97 Å². The van der Waals surface area contributed by atoms with E-state index in [4.69, 9.17) is 9.47 Å². The number of carbonyl (C=O) groups excluding carboxylic acids is 1. The van der Waals surface area contributed by atoms with Gasteiger partial charge in [-0.15, -0.1) is 0 Å². The van der Waals surface area contributed by atoms with Gasteiger partial charge < -0.3 is 14.8 Å². The van der Waals surface area contributed by atoms with E-state index in [1.54, 1.807) is 6.92 Å². The molecule has 1 aliphatic heterocycles. The van der Waals surface area contributed by atoms with Crippen LogP contribution in [0, 0.1) is 12.7 Å². The molecule has 0 radical (unpaired) electrons. The van der Waals surface area contributed by atoms with E-state index in [1.165, 1.54) is 35.6 Å². The number of carbonyl (C=O) groups is 1. The summed E-state index contributed by atoms with van der Waals surface area (Å²) in [6.45, 7) is 4.55. The molecule has 0 spiro atoms. The molecule has 4 nitrogen and oxygen atoms in total. The average Bonchev–Trinajstić information content (AvgIpc) is 2.91. The molecule has 0 aliphatic carbocycles. The molecule has 4 aromatic carbocycles. The fraction of sp³-hybridized carbons (Fsp3) is 0.258. The molecule has 1 unspecified atom stereocenters. The predicted octanol–water partition coefficient (Wildman–Crippen LogP) is 6.71. The third-order valence-corrected chi connectivity index (χ3v) is 7.24. The van der Waals surface area contributed by atoms with Crippen molar-refractivity contribution in [2.45, 2.75) is 38.3 Å². The van der Waals surface area contributed by atoms with Crippen LogP contribution in [-0.2, 0) is 4.74 Å². The van der Waals surface area contributed by atoms with E-state index in [-0.39, 0.29) is 23.9 Å². The highest BCUT2D eigenvalue weighted by molar-refractivity contribution is 5.91. The lowest BCUT2D eigenvalue weighted by molar-refractivity contribution is 0.0599. The average molecular weight is 484 g/mol. The fourth-order valence-corrected chi connectivity index (χ4v) is 5.39. The molecule has 0 amide bonds. The maximum absolute atomic E-state index is 15.3. The number of rotatable bonds is 6. The maximum Gasteiger partial charge on any atom is 0.338 e. The molecule has 5 heteroatoms. The fourth-order valence-electron chi connectivity index (χ4n) is 5.39. The molecule has 1 N–H and O–H groups in total. The summed E-state index contributed by atoms with van der Waals surface area (Å²) in [5.41, 5.74) is 3.69. The minimum absolute atomic E-state index is 0.108. The predicted molar refractivity (Wildman–Crippen MR) is 140 cm³/mol. The van der Waals surface area contributed by atoms with E-state index < -0.39 is 5.97 Å². The van der Waals surface area contributed by atoms with Gasteiger partial charge in [-0.2, -0.15) is 0 Å². The smallest absolute Gasteiger partial charge is 0.338 e. The number of benzene rings is 4. The van der Waals surface area contributed by atoms with Gasteiger partial charge in [0.05, 0.1) is 12.7 Å². The van der Waals surface area contributed by atoms with Crippen molar-refractivity contribution >= 4 is 16.7 Å². The highest BCUT2D eigenvalue weighted by atomic mass is 19.1. The van der Waals surface area contributed by atoms with Gasteiger partial charge in [0.1, 0.15) is 17.7 Å². The second kappa shape index (κ2) is 10.1. The van der Waals surface area contributed by atoms with Crippen molar-refractivity contribution in [3.8, 4) is 5.75 Å². The number of fused-ring (bicyclic) bond motifs is 2. The summed E-state index contributed by atoms with van der Waals surface area (Å²) in [5, 5.41) is 6.08. The van der Waals surface area contributed by atoms with Crippen LogP contribution in [0.3, 0.4) is 0 Å². The van der Waals surface area contributed by atoms with Crippen molar-refractivity contribution in [2.75, 3.05) is 13.7 Å². The van der Waals surface area contributed by atoms with Gasteiger partial charge in [-0.3, -0.25) is 0 Å². The number of nitrogens with one attached hydrogen (secondary N) is 1. The van der Waals surface area contributed by atoms with Crippen LogP contribution in [0.1, 0.15) is 57.9 Å². The molecule has 0 aromatic heterocycles. The first kappa shape index (κ1) is 24.0. The zero-order valence-corrected chi connectivity index (χ0v) is 20.8. The Morgan fingerprint density at radius 2 is 1.81 bits per heavy atom. The zero-order valence-electron chi connectivity index (χ0n) is 20.8. The van der Waals surface area contributed by atoms with Gasteiger partial charge in [0, 0.05) is 24.1 Å². The van der Waals surface area contributed by atoms with Crippen LogP contribution in [0.2, 0.25) is 0 Å². The van der Waals surface area contributed by atoms with Gasteiger partial charge in [0.15, 0.2) is 0 Å². The number of esters is 1. The highest BCUT2D eigenvalue weighted by Gasteiger charge is 2.33. The summed E-state index contributed by atoms with van der Waals surface area (Å²) < 4.78 is 26.6. The van der Waals surface area contributed by atoms with Crippen LogP contribution >= 0.6 is 0 Å². The molecule has 3 atom stereocenters. The van der Waals surface area contributed by atoms with Gasteiger partial charge in [-0.25, -0.2) is 9.18 Å². The highest BCUT2D eigenvalue weighted by Crippen LogP contribution is 2.43. The Morgan fingerprint density at radius 3 is 2.64 bits per heavy atom. The van der Waals surface area contributed by atoms with E-state index in [0.717, 1.165) is 11.3 Å². The van der Waals surface area contributed by atoms with Crippen molar-refractivity contribution in [1.29, 1.82) is 0 Å². The Labute approximate surface area is 211 Å². The van der Waals surface area contributed by atoms with Gasteiger partial charge in [0.25, 0.3) is 0 Å². The molecule has 0 fully saturated rings. The van der Waals surface area contributed by atoms with Crippen molar-refractivity contribution in [1.82, 2.24) is 5.32 Å². The van der Waals surface area contributed by atoms with Gasteiger partial charge in [-0.1, -0.05) is 60.7 Å². The molecule has 0 saturated carbocycles. The second-order valence-electron chi connectivity index (χ2n) is 9.39. The number of hydrogen-bond donors (Lipinski definition) is 1. The molecule has 4 aromatic rings. The molecule has 0 bridgehead atoms. The number of ether oxygens (including phenoxy) is 2. The number of halogens is 1. The topological polar surface area (TPSA) is 47.6 Å². The first-order chi connectivity index (χ1) is 17.5. The lowest BCUT2D eigenvalue weighted by atomic mass is 9.81. The number of para-hydroxylation sites is 1. The van der Waals surface area contributed by atoms with E-state index in [0.29, 0.717) is 29.7 Å². The number of hydrogen-bond acceptors (Lipinski definition) is 4. The molecular formula is C31H30FNO3. The number of methoxy groups -OCH3 is 1. The van der Waals surface area contributed by atoms with Crippen LogP contribution in [0.4, 0.5) is 4.39 Å². The van der Waals surface area contributed by atoms with Crippen LogP contribution in [0.15, 0.2) is 78.9 Å². The Bertz CT molecular complexity index is 1410. The minimum Gasteiger partial charge on any atom is -0.489 e. The van der Waals surface area contributed by atoms with Crippen molar-refractivity contribution in [3.05, 3.63) is 112 Å². The van der Waals surface area contributed by atoms with Crippen LogP contribution < -0.4 is 10.1 Å². The van der Waals surface area contributed by atoms with Crippen molar-refractivity contribution < 1.29 is 18.7 Å². The summed E-state index contributed by atoms with van der Waals surface area (Å²) in [5.74, 6) is -0.270. The normalized spacial score (nSPS) is 17.8. The largest absolute Gasteiger partial charge is 0.489 e. The standard InChI is InChI=1S/C31H30FNO3/c1-19-23(31(34)35-3)15-16-28(32)30(19)27-17-22(36-29-14-7-6-12-26(27)29)18-33-20(2)24-13-8-10-21-9-4-5-11-25(21)24/h4-16,20,22,27,33H,17-18H2,1-3H3/t20?,22-,27+/m1/s1. The molecule has 5 rings (SSSR count). The quantitative estimate of drug-likeness (QED) is 0.310. The summed E-state index contributed by atoms with van der Waals surface area (Å²) in [7, 11) is 1.34. The maximum atomic E-state index is 15.3. The summed E-state index contributed by atoms with van der Waals surface area (Å²) in [4.78, 5) is 12.3. The monoisotopic (exact) mass is 483 g/mol. The van der Waals surface area contributed by atoms with E-state index in [2.05, 4.69) is 48.6 Å². The third-order valence-electron chi connectivity index (χ3n) is 7.24. The lowest BCUT2D eigenvalue weighted by Gasteiger charge is -2.34. The Hall–Kier alpha value is -3.70. The molecule has 1 heterocycles. The van der Waals surface area contributed by atoms with E-state index >= 15 is 4.39 Å². The first-order valence-electron chi connectivity index (χ1n) is 12.3. The molecule has 0 saturated heterocycles. The zero-order chi connectivity index (χ0) is 25.2. The molecule has 184 valence electrons. The Kier molecular flexibility index (Phi) is 6.75. The third kappa shape index (κ3) is 4.47. The van der Waals surface area contributed by atoms with Crippen molar-refractivity contribution in [3.63, 3.8) is 0 Å². The van der Waals surface area contributed by atoms with Gasteiger partial charge in [-0.05, 0) is 65.9 Å². The summed E-state index contributed by atoms with van der Waals surface area (Å²) in [6, 6.07) is 25.5. The second-order valence-corrected chi connectivity index (χ2v) is 9.39. The molecular weight excluding hydrogens is 453 g/mol. The van der Waals surface area contributed by atoms with Gasteiger partial charge in [0.2, 0.25) is 0 Å². The lowest BCUT2D eigenvalue weighted by Crippen LogP contribution is -2.37. The van der Waals surface area contributed by atoms with Crippen LogP contribution in [0.5, 0.6) is 5.75 Å². The first-order valence-corrected chi connectivity index (χ1v) is 12.3. The van der Waals surface area contributed by atoms with E-state index in [1.807, 2.05) is 30.3 Å². The Balaban J connectivity index is 1.43. The summed E-state index contributed by atoms with van der Waals surface area (Å²) >= 11 is 0. The van der Waals surface area contributed by atoms with Crippen LogP contribution in [-0.4, -0.2) is 25.7 Å². The van der Waals surface area contributed by atoms with Crippen molar-refractivity contribution in [2.24, 2.45) is 0 Å². The summed E-state index contributed by atoms with van der Waals surface area (Å²) in [6.07, 6.45) is 0.428. The SMILES string of the molecule is COC(=O)c1ccc(F)c([C@H]2C[C@H](CNC(C)c3cccc4ccccc34)Oc3ccccc32)c1C. The van der Waals surface area contributed by atoms with E-state index in [9.17, 15) is 4.79 Å². The Morgan fingerprint density at radius 1 is 1.06 bits per heavy atom. The molecule has 1 aliphatic rings. The van der Waals surface area contributed by atoms with Crippen LogP contribution in [0.25, 0.3) is 10.8 Å². The molecule has 36 heavy (non-hydrogen) atoms.